The molecule has 0 saturated carbocycles. The van der Waals surface area contributed by atoms with Gasteiger partial charge in [0, 0.05) is 21.5 Å². The maximum Gasteiger partial charge on any atom is 0.335 e. The number of halogens is 1. The smallest absolute Gasteiger partial charge is 0.335 e. The first-order valence-electron chi connectivity index (χ1n) is 10.4. The van der Waals surface area contributed by atoms with E-state index in [4.69, 9.17) is 0 Å². The van der Waals surface area contributed by atoms with Crippen LogP contribution < -0.4 is 5.32 Å². The van der Waals surface area contributed by atoms with Crippen LogP contribution in [0.15, 0.2) is 56.8 Å². The third-order valence-electron chi connectivity index (χ3n) is 5.46. The van der Waals surface area contributed by atoms with Gasteiger partial charge in [0.25, 0.3) is 5.91 Å². The Bertz CT molecular complexity index is 1440. The van der Waals surface area contributed by atoms with Gasteiger partial charge in [-0.3, -0.25) is 4.79 Å². The van der Waals surface area contributed by atoms with Crippen LogP contribution in [0.25, 0.3) is 11.8 Å². The molecule has 2 heterocycles. The number of hydrogen-bond donors (Lipinski definition) is 3. The number of aromatic nitrogens is 1. The summed E-state index contributed by atoms with van der Waals surface area (Å²) in [6, 6.07) is 11.5. The van der Waals surface area contributed by atoms with Gasteiger partial charge < -0.3 is 20.1 Å². The lowest BCUT2D eigenvalue weighted by Gasteiger charge is -2.12. The molecule has 0 radical (unpaired) electrons. The topological polar surface area (TPSA) is 121 Å². The summed E-state index contributed by atoms with van der Waals surface area (Å²) in [4.78, 5) is 40.7. The van der Waals surface area contributed by atoms with Crippen LogP contribution in [0.3, 0.4) is 0 Å². The Labute approximate surface area is 213 Å². The summed E-state index contributed by atoms with van der Waals surface area (Å²) in [5, 5.41) is 22.1. The summed E-state index contributed by atoms with van der Waals surface area (Å²) in [6.07, 6.45) is 1.74. The van der Waals surface area contributed by atoms with Crippen molar-refractivity contribution in [1.82, 2.24) is 9.88 Å². The second-order valence-corrected chi connectivity index (χ2v) is 9.90. The number of amides is 1. The van der Waals surface area contributed by atoms with Crippen LogP contribution in [-0.4, -0.2) is 37.8 Å². The van der Waals surface area contributed by atoms with Crippen LogP contribution in [-0.2, 0) is 4.79 Å². The van der Waals surface area contributed by atoms with Crippen molar-refractivity contribution >= 4 is 62.5 Å². The Morgan fingerprint density at radius 1 is 1.03 bits per heavy atom. The minimum absolute atomic E-state index is 0.123. The average molecular weight is 554 g/mol. The predicted octanol–water partition coefficient (Wildman–Crippen LogP) is 5.45. The van der Waals surface area contributed by atoms with E-state index in [-0.39, 0.29) is 17.0 Å². The van der Waals surface area contributed by atoms with Crippen LogP contribution in [0.2, 0.25) is 0 Å². The fourth-order valence-electron chi connectivity index (χ4n) is 3.79. The maximum absolute atomic E-state index is 12.6. The van der Waals surface area contributed by atoms with E-state index in [1.54, 1.807) is 10.6 Å². The lowest BCUT2D eigenvalue weighted by Crippen LogP contribution is -2.19. The third kappa shape index (κ3) is 5.08. The first-order chi connectivity index (χ1) is 16.5. The summed E-state index contributed by atoms with van der Waals surface area (Å²) >= 11 is 4.65. The predicted molar refractivity (Wildman–Crippen MR) is 139 cm³/mol. The molecule has 1 aliphatic heterocycles. The van der Waals surface area contributed by atoms with Crippen LogP contribution in [0.1, 0.15) is 43.2 Å². The Kier molecular flexibility index (Phi) is 6.68. The zero-order valence-electron chi connectivity index (χ0n) is 18.9. The fourth-order valence-corrected chi connectivity index (χ4v) is 5.09. The molecule has 0 spiro atoms. The molecule has 3 aromatic rings. The van der Waals surface area contributed by atoms with Crippen LogP contribution in [0.4, 0.5) is 5.69 Å². The van der Waals surface area contributed by atoms with Crippen molar-refractivity contribution in [2.75, 3.05) is 0 Å². The molecule has 0 atom stereocenters. The standard InChI is InChI=1S/C25H20BrN3O5S/c1-12-6-18(26)4-5-20(12)27-25-28-22(30)21(35-25)11-15-7-13(2)29(14(15)3)19-9-16(23(31)32)8-17(10-19)24(33)34/h4-11H,1-3H3,(H,31,32)(H,33,34)(H,27,28,30)/b21-11-. The number of nitrogens with zero attached hydrogens (tertiary/aromatic N) is 2. The van der Waals surface area contributed by atoms with E-state index in [2.05, 4.69) is 26.2 Å². The van der Waals surface area contributed by atoms with Gasteiger partial charge in [-0.25, -0.2) is 14.6 Å². The Balaban J connectivity index is 1.70. The quantitative estimate of drug-likeness (QED) is 0.361. The van der Waals surface area contributed by atoms with E-state index in [9.17, 15) is 24.6 Å². The Morgan fingerprint density at radius 2 is 1.69 bits per heavy atom. The van der Waals surface area contributed by atoms with Gasteiger partial charge in [0.15, 0.2) is 5.17 Å². The number of carboxylic acids is 2. The van der Waals surface area contributed by atoms with Gasteiger partial charge in [-0.2, -0.15) is 0 Å². The van der Waals surface area contributed by atoms with Gasteiger partial charge in [0.05, 0.1) is 21.7 Å². The number of aromatic carboxylic acids is 2. The molecule has 1 aromatic heterocycles. The number of benzene rings is 2. The number of nitrogens with one attached hydrogen (secondary N) is 1. The maximum atomic E-state index is 12.6. The number of carboxylic acid groups (broad SMARTS) is 2. The van der Waals surface area contributed by atoms with Crippen molar-refractivity contribution in [2.45, 2.75) is 20.8 Å². The SMILES string of the molecule is Cc1cc(Br)ccc1N=C1NC(=O)/C(=C/c2cc(C)n(-c3cc(C(=O)O)cc(C(=O)O)c3)c2C)S1. The number of thioether (sulfide) groups is 1. The zero-order chi connectivity index (χ0) is 25.4. The molecule has 3 N–H and O–H groups in total. The average Bonchev–Trinajstić information content (AvgIpc) is 3.27. The molecule has 0 aliphatic carbocycles. The molecule has 4 rings (SSSR count). The molecule has 10 heteroatoms. The number of aryl methyl sites for hydroxylation is 2. The van der Waals surface area contributed by atoms with Crippen molar-refractivity contribution in [3.8, 4) is 5.69 Å². The van der Waals surface area contributed by atoms with E-state index in [0.717, 1.165) is 38.7 Å². The van der Waals surface area contributed by atoms with Crippen LogP contribution >= 0.6 is 27.7 Å². The number of aliphatic imine (C=N–C) groups is 1. The minimum atomic E-state index is -1.22. The number of amidine groups is 1. The molecule has 1 saturated heterocycles. The summed E-state index contributed by atoms with van der Waals surface area (Å²) in [5.74, 6) is -2.70. The van der Waals surface area contributed by atoms with Gasteiger partial charge >= 0.3 is 11.9 Å². The summed E-state index contributed by atoms with van der Waals surface area (Å²) in [6.45, 7) is 5.59. The molecule has 0 unspecified atom stereocenters. The van der Waals surface area contributed by atoms with E-state index < -0.39 is 11.9 Å². The lowest BCUT2D eigenvalue weighted by molar-refractivity contribution is -0.115. The summed E-state index contributed by atoms with van der Waals surface area (Å²) < 4.78 is 2.71. The largest absolute Gasteiger partial charge is 0.478 e. The monoisotopic (exact) mass is 553 g/mol. The minimum Gasteiger partial charge on any atom is -0.478 e. The van der Waals surface area contributed by atoms with Crippen molar-refractivity contribution in [3.05, 3.63) is 85.5 Å². The lowest BCUT2D eigenvalue weighted by atomic mass is 10.1. The normalized spacial score (nSPS) is 15.6. The Morgan fingerprint density at radius 3 is 2.29 bits per heavy atom. The number of carbonyl (C=O) groups excluding carboxylic acids is 1. The van der Waals surface area contributed by atoms with Crippen molar-refractivity contribution in [3.63, 3.8) is 0 Å². The van der Waals surface area contributed by atoms with Crippen molar-refractivity contribution in [2.24, 2.45) is 4.99 Å². The van der Waals surface area contributed by atoms with Gasteiger partial charge in [0.1, 0.15) is 0 Å². The highest BCUT2D eigenvalue weighted by atomic mass is 79.9. The molecule has 1 aliphatic rings. The number of hydrogen-bond acceptors (Lipinski definition) is 5. The van der Waals surface area contributed by atoms with Gasteiger partial charge in [0.2, 0.25) is 0 Å². The second-order valence-electron chi connectivity index (χ2n) is 7.95. The highest BCUT2D eigenvalue weighted by Crippen LogP contribution is 2.32. The molecular weight excluding hydrogens is 534 g/mol. The Hall–Kier alpha value is -3.63. The van der Waals surface area contributed by atoms with E-state index >= 15 is 0 Å². The molecule has 8 nitrogen and oxygen atoms in total. The molecule has 1 amide bonds. The molecule has 1 fully saturated rings. The second kappa shape index (κ2) is 9.55. The third-order valence-corrected chi connectivity index (χ3v) is 6.86. The number of carbonyl (C=O) groups is 3. The first kappa shape index (κ1) is 24.5. The van der Waals surface area contributed by atoms with Crippen molar-refractivity contribution < 1.29 is 24.6 Å². The highest BCUT2D eigenvalue weighted by Gasteiger charge is 2.25. The number of rotatable bonds is 5. The van der Waals surface area contributed by atoms with E-state index in [1.807, 2.05) is 45.0 Å². The zero-order valence-corrected chi connectivity index (χ0v) is 21.3. The summed E-state index contributed by atoms with van der Waals surface area (Å²) in [5.41, 5.74) is 4.13. The molecule has 2 aromatic carbocycles. The van der Waals surface area contributed by atoms with Gasteiger partial charge in [-0.1, -0.05) is 15.9 Å². The highest BCUT2D eigenvalue weighted by molar-refractivity contribution is 9.10. The van der Waals surface area contributed by atoms with E-state index in [0.29, 0.717) is 15.8 Å². The van der Waals surface area contributed by atoms with E-state index in [1.165, 1.54) is 23.9 Å². The van der Waals surface area contributed by atoms with Crippen LogP contribution in [0, 0.1) is 20.8 Å². The van der Waals surface area contributed by atoms with Gasteiger partial charge in [-0.15, -0.1) is 0 Å². The molecule has 0 bridgehead atoms. The first-order valence-corrected chi connectivity index (χ1v) is 12.0. The van der Waals surface area contributed by atoms with Crippen molar-refractivity contribution in [1.29, 1.82) is 0 Å². The summed E-state index contributed by atoms with van der Waals surface area (Å²) in [7, 11) is 0. The molecule has 35 heavy (non-hydrogen) atoms. The molecule has 178 valence electrons. The molecular formula is C25H20BrN3O5S. The fraction of sp³-hybridized carbons (Fsp3) is 0.120. The van der Waals surface area contributed by atoms with Gasteiger partial charge in [-0.05, 0) is 92.2 Å². The van der Waals surface area contributed by atoms with Crippen LogP contribution in [0.5, 0.6) is 0 Å².